The fourth-order valence-corrected chi connectivity index (χ4v) is 8.63. The standard InChI is InChI=1S/C28H27N7O3S.C22H23N7O/c1-33-17-21(16-31-33)24-18-35(39(37,38)23-10-6-3-7-11-23)27-25(24)26(29-19-30-27)34-14-12-22(13-15-34)32-28(36)20-8-4-2-5-9-20;1-28-13-16(11-26-28)18-12-23-20-19(18)21(25-14-24-20)29-9-7-17(8-10-29)27-22(30)15-5-3-2-4-6-15/h2-11,16-19,22H,12-15H2,1H3,(H,32,36);2-6,11-14,17H,7-10H2,1H3,(H,27,30)(H,23,24,25)/i2D,4D,5D,8D;1D3,2D,3D,4D,5D,6D,7D2,8D2,9D2,10D2,11D,12D,13D,14D,17D/hD2. The van der Waals surface area contributed by atoms with E-state index in [1.54, 1.807) is 48.5 Å². The number of aromatic amines is 1. The molecule has 18 nitrogen and oxygen atoms in total. The van der Waals surface area contributed by atoms with Gasteiger partial charge in [0.1, 0.15) is 25.2 Å². The molecule has 0 saturated carbocycles. The molecule has 0 atom stereocenters. The first-order chi connectivity index (χ1) is 44.4. The molecular weight excluding hydrogens is 893 g/mol. The lowest BCUT2D eigenvalue weighted by Crippen LogP contribution is -2.45. The van der Waals surface area contributed by atoms with Crippen LogP contribution in [0, 0.1) is 0 Å². The maximum atomic E-state index is 13.7. The zero-order valence-corrected chi connectivity index (χ0v) is 36.4. The van der Waals surface area contributed by atoms with Crippen LogP contribution >= 0.6 is 0 Å². The Kier molecular flexibility index (Phi) is 6.46. The third-order valence-electron chi connectivity index (χ3n) is 10.5. The lowest BCUT2D eigenvalue weighted by Gasteiger charge is -2.34. The number of benzene rings is 3. The molecule has 4 aromatic heterocycles. The van der Waals surface area contributed by atoms with Gasteiger partial charge in [-0.05, 0) is 61.9 Å². The van der Waals surface area contributed by atoms with Crippen LogP contribution in [0.4, 0.5) is 11.6 Å². The van der Waals surface area contributed by atoms with Crippen molar-refractivity contribution in [1.29, 1.82) is 0 Å². The number of hydrogen-bond acceptors (Lipinski definition) is 12. The van der Waals surface area contributed by atoms with E-state index in [-0.39, 0.29) is 54.8 Å². The molecule has 19 heteroatoms. The average Bonchev–Trinajstić information content (AvgIpc) is 0.702. The van der Waals surface area contributed by atoms with E-state index in [9.17, 15) is 18.0 Å². The van der Waals surface area contributed by atoms with Crippen LogP contribution in [0.2, 0.25) is 2.82 Å². The van der Waals surface area contributed by atoms with E-state index in [0.29, 0.717) is 48.3 Å². The second-order valence-corrected chi connectivity index (χ2v) is 16.6. The van der Waals surface area contributed by atoms with Crippen LogP contribution in [0.5, 0.6) is 0 Å². The topological polar surface area (TPSA) is 207 Å². The molecular formula is C50H50N14O4S. The number of aromatic nitrogens is 10. The lowest BCUT2D eigenvalue weighted by molar-refractivity contribution is 0.0922. The molecule has 0 bridgehead atoms. The molecule has 0 spiro atoms. The smallest absolute Gasteiger partial charge is 0.269 e. The van der Waals surface area contributed by atoms with Crippen LogP contribution in [-0.2, 0) is 24.0 Å². The van der Waals surface area contributed by atoms with Crippen molar-refractivity contribution in [1.82, 2.24) is 59.1 Å². The monoisotopic (exact) mass is 970 g/mol. The molecule has 4 aliphatic heterocycles. The summed E-state index contributed by atoms with van der Waals surface area (Å²) in [6, 6.07) is -2.55. The van der Waals surface area contributed by atoms with Crippen LogP contribution in [0.15, 0.2) is 145 Å². The van der Waals surface area contributed by atoms with Crippen molar-refractivity contribution in [3.8, 4) is 33.6 Å². The highest BCUT2D eigenvalue weighted by atomic mass is 32.2. The van der Waals surface area contributed by atoms with Crippen molar-refractivity contribution in [3.05, 3.63) is 152 Å². The number of hydrogen-bond donors (Lipinski definition) is 3. The molecule has 69 heavy (non-hydrogen) atoms. The van der Waals surface area contributed by atoms with Gasteiger partial charge in [-0.25, -0.2) is 32.3 Å². The number of carbonyl (C=O) groups excluding carboxylic acids is 2. The van der Waals surface area contributed by atoms with Gasteiger partial charge in [-0.15, -0.1) is 0 Å². The minimum absolute atomic E-state index is 0.0874. The van der Waals surface area contributed by atoms with Crippen LogP contribution in [-0.4, -0.2) is 107 Å². The summed E-state index contributed by atoms with van der Waals surface area (Å²) in [6.07, 6.45) is -5.47. The van der Waals surface area contributed by atoms with Crippen molar-refractivity contribution in [3.63, 3.8) is 0 Å². The van der Waals surface area contributed by atoms with Gasteiger partial charge in [0, 0.05) is 125 Å². The number of aryl methyl sites for hydroxylation is 2. The summed E-state index contributed by atoms with van der Waals surface area (Å²) < 4.78 is 254. The molecule has 8 heterocycles. The summed E-state index contributed by atoms with van der Waals surface area (Å²) in [7, 11) is -2.20. The first-order valence-electron chi connectivity index (χ1n) is 33.8. The van der Waals surface area contributed by atoms with E-state index in [1.165, 1.54) is 22.4 Å². The Morgan fingerprint density at radius 2 is 1.61 bits per heavy atom. The quantitative estimate of drug-likeness (QED) is 0.141. The molecule has 7 aromatic rings. The third kappa shape index (κ3) is 9.27. The number of amides is 2. The second kappa shape index (κ2) is 19.2. The number of nitrogens with zero attached hydrogens (tertiary/aromatic N) is 11. The summed E-state index contributed by atoms with van der Waals surface area (Å²) in [5.74, 6) is -4.28. The normalized spacial score (nSPS) is 23.9. The molecule has 0 aliphatic carbocycles. The first-order valence-corrected chi connectivity index (χ1v) is 21.8. The molecule has 2 amide bonds. The third-order valence-corrected chi connectivity index (χ3v) is 12.2. The molecule has 3 aromatic carbocycles. The second-order valence-electron chi connectivity index (χ2n) is 14.8. The van der Waals surface area contributed by atoms with E-state index in [0.717, 1.165) is 6.07 Å². The maximum Gasteiger partial charge on any atom is 0.269 e. The summed E-state index contributed by atoms with van der Waals surface area (Å²) in [5.41, 5.74) is -2.43. The number of carbonyl (C=O) groups is 2. The van der Waals surface area contributed by atoms with Crippen LogP contribution in [0.1, 0.15) is 80.6 Å². The summed E-state index contributed by atoms with van der Waals surface area (Å²) in [6.45, 7) is -10.6. The summed E-state index contributed by atoms with van der Waals surface area (Å²) in [4.78, 5) is 44.9. The zero-order valence-electron chi connectivity index (χ0n) is 62.5. The Bertz CT molecular complexity index is 4690. The van der Waals surface area contributed by atoms with Gasteiger partial charge in [-0.2, -0.15) is 10.2 Å². The Morgan fingerprint density at radius 1 is 0.841 bits per heavy atom. The molecule has 2 fully saturated rings. The van der Waals surface area contributed by atoms with Crippen LogP contribution in [0.25, 0.3) is 44.7 Å². The molecule has 350 valence electrons. The summed E-state index contributed by atoms with van der Waals surface area (Å²) in [5, 5.41) is 10.3. The van der Waals surface area contributed by atoms with Crippen LogP contribution < -0.4 is 20.4 Å². The minimum atomic E-state index is -4.35. The fourth-order valence-electron chi connectivity index (χ4n) is 7.29. The van der Waals surface area contributed by atoms with Crippen molar-refractivity contribution in [2.24, 2.45) is 14.0 Å². The van der Waals surface area contributed by atoms with Gasteiger partial charge in [-0.1, -0.05) is 54.5 Å². The highest BCUT2D eigenvalue weighted by Crippen LogP contribution is 2.40. The van der Waals surface area contributed by atoms with Gasteiger partial charge < -0.3 is 25.4 Å². The van der Waals surface area contributed by atoms with Gasteiger partial charge in [0.2, 0.25) is 0 Å². The van der Waals surface area contributed by atoms with E-state index < -0.39 is 161 Å². The number of rotatable bonds is 10. The predicted molar refractivity (Wildman–Crippen MR) is 262 cm³/mol. The summed E-state index contributed by atoms with van der Waals surface area (Å²) >= 11 is 0. The molecule has 4 aliphatic rings. The van der Waals surface area contributed by atoms with Gasteiger partial charge in [0.15, 0.2) is 8.47 Å². The number of fused-ring (bicyclic) bond motifs is 2. The number of anilines is 2. The van der Waals surface area contributed by atoms with Crippen molar-refractivity contribution in [2.75, 3.05) is 35.9 Å². The van der Waals surface area contributed by atoms with E-state index in [1.807, 2.05) is 4.90 Å². The number of nitrogens with one attached hydrogen (secondary N) is 3. The van der Waals surface area contributed by atoms with Gasteiger partial charge in [-0.3, -0.25) is 19.0 Å². The maximum absolute atomic E-state index is 13.7. The van der Waals surface area contributed by atoms with Crippen LogP contribution in [0.3, 0.4) is 0 Å². The molecule has 11 rings (SSSR count). The SMILES string of the molecule is [2H]c1cc(C(=O)NC2CCN(c3ncnc4c3c(-c3cnn(C)c3)cn4S(=O)(=O)c3ccccc3)CC2)c([2H])c([2H])c1[2H].[2H]c1nc2n([2H])c([2H])nc(N3C([2H])([2H])C([2H])([2H])C([2H])(N([2H])C(=O)c4c([2H])c([2H])c([2H])c([2H])c4[2H])C([2H])([2H])C3([2H])[2H])c-2c1-c1c([2H])nn(C([2H])([2H])[2H])c1[2H]. The highest BCUT2D eigenvalue weighted by Gasteiger charge is 2.30. The Hall–Kier alpha value is -8.19. The predicted octanol–water partition coefficient (Wildman–Crippen LogP) is 6.18. The van der Waals surface area contributed by atoms with Crippen molar-refractivity contribution >= 4 is 44.5 Å². The average molecular weight is 970 g/mol. The molecule has 3 N–H and O–H groups in total. The van der Waals surface area contributed by atoms with Crippen molar-refractivity contribution in [2.45, 2.75) is 42.5 Å². The fraction of sp³-hybridized carbons (Fsp3) is 0.240. The lowest BCUT2D eigenvalue weighted by atomic mass is 10.0. The largest absolute Gasteiger partial charge is 0.356 e. The Morgan fingerprint density at radius 3 is 2.35 bits per heavy atom. The Balaban J connectivity index is 0.000000213. The van der Waals surface area contributed by atoms with E-state index in [4.69, 9.17) is 37.1 Å². The van der Waals surface area contributed by atoms with E-state index >= 15 is 0 Å². The molecule has 2 saturated heterocycles. The minimum Gasteiger partial charge on any atom is -0.356 e. The zero-order chi connectivity index (χ0) is 71.1. The van der Waals surface area contributed by atoms with Gasteiger partial charge >= 0.3 is 0 Å². The number of H-pyrrole nitrogens is 1. The van der Waals surface area contributed by atoms with Gasteiger partial charge in [0.05, 0.1) is 52.3 Å². The Labute approximate surface area is 436 Å². The molecule has 0 radical (unpaired) electrons. The highest BCUT2D eigenvalue weighted by molar-refractivity contribution is 7.90. The van der Waals surface area contributed by atoms with E-state index in [2.05, 4.69) is 35.5 Å². The number of piperidine rings is 2. The molecule has 0 unspecified atom stereocenters. The first kappa shape index (κ1) is 23.2. The van der Waals surface area contributed by atoms with Crippen molar-refractivity contribution < 1.29 is 55.1 Å². The van der Waals surface area contributed by atoms with Gasteiger partial charge in [0.25, 0.3) is 21.8 Å².